The van der Waals surface area contributed by atoms with Gasteiger partial charge in [-0.2, -0.15) is 4.39 Å². The molecule has 0 aliphatic carbocycles. The number of aromatic nitrogens is 2. The summed E-state index contributed by atoms with van der Waals surface area (Å²) in [5.74, 6) is -4.50. The van der Waals surface area contributed by atoms with Crippen LogP contribution in [-0.2, 0) is 25.0 Å². The molecule has 1 saturated heterocycles. The Morgan fingerprint density at radius 1 is 1.50 bits per heavy atom. The third kappa shape index (κ3) is 3.99. The predicted octanol–water partition coefficient (Wildman–Crippen LogP) is 1.70. The standard InChI is InChI=1S/C17H17F2N2O9PS/c1-26-10-4-2-3-8-6-27-31(25,30-12(8)10)28-7-17(19)13(23)11(22)15(29-17)21-5-9(18)14(24)20-16(21)32/h2-5,11,13,15,22-23H,6-7H2,1H3,(H,20,24,32)/t11-,13+,15-,17-,31?/m1/s1/i15D. The van der Waals surface area contributed by atoms with E-state index in [4.69, 9.17) is 36.6 Å². The first-order valence-electron chi connectivity index (χ1n) is 9.44. The summed E-state index contributed by atoms with van der Waals surface area (Å²) in [4.78, 5) is 13.2. The molecule has 1 fully saturated rings. The highest BCUT2D eigenvalue weighted by atomic mass is 32.1. The smallest absolute Gasteiger partial charge is 0.493 e. The molecule has 11 nitrogen and oxygen atoms in total. The van der Waals surface area contributed by atoms with Crippen LogP contribution in [0.4, 0.5) is 8.78 Å². The summed E-state index contributed by atoms with van der Waals surface area (Å²) < 4.78 is 75.5. The van der Waals surface area contributed by atoms with Crippen LogP contribution in [0.1, 0.15) is 13.1 Å². The number of aromatic amines is 1. The van der Waals surface area contributed by atoms with Gasteiger partial charge in [0.15, 0.2) is 22.5 Å². The molecule has 5 atom stereocenters. The van der Waals surface area contributed by atoms with Gasteiger partial charge in [-0.05, 0) is 18.3 Å². The molecule has 0 radical (unpaired) electrons. The van der Waals surface area contributed by atoms with Crippen LogP contribution in [0.15, 0.2) is 29.2 Å². The first-order chi connectivity index (χ1) is 15.4. The number of alkyl halides is 1. The minimum atomic E-state index is -4.45. The largest absolute Gasteiger partial charge is 0.530 e. The number of H-pyrrole nitrogens is 1. The molecular formula is C17H17F2N2O9PS. The SMILES string of the molecule is [2H][C@@]1(n2cc(F)c(=O)[nH]c2=S)O[C@](F)(COP2(=O)OCc3cccc(OC)c3O2)[C@@H](O)[C@H]1O. The highest BCUT2D eigenvalue weighted by molar-refractivity contribution is 7.71. The number of methoxy groups -OCH3 is 1. The van der Waals surface area contributed by atoms with Gasteiger partial charge in [0.05, 0.1) is 21.3 Å². The van der Waals surface area contributed by atoms with Crippen LogP contribution < -0.4 is 14.8 Å². The minimum Gasteiger partial charge on any atom is -0.493 e. The molecule has 1 aromatic heterocycles. The summed E-state index contributed by atoms with van der Waals surface area (Å²) in [6.45, 7) is -1.56. The summed E-state index contributed by atoms with van der Waals surface area (Å²) in [7, 11) is -3.11. The monoisotopic (exact) mass is 495 g/mol. The number of halogens is 2. The molecule has 174 valence electrons. The van der Waals surface area contributed by atoms with Crippen molar-refractivity contribution in [1.29, 1.82) is 0 Å². The third-order valence-corrected chi connectivity index (χ3v) is 6.28. The Bertz CT molecular complexity index is 1250. The van der Waals surface area contributed by atoms with E-state index in [9.17, 15) is 24.0 Å². The number of para-hydroxylation sites is 1. The van der Waals surface area contributed by atoms with Gasteiger partial charge in [-0.1, -0.05) is 12.1 Å². The molecule has 0 bridgehead atoms. The number of nitrogens with one attached hydrogen (secondary N) is 1. The van der Waals surface area contributed by atoms with Gasteiger partial charge >= 0.3 is 7.82 Å². The second-order valence-corrected chi connectivity index (χ2v) is 8.74. The zero-order valence-corrected chi connectivity index (χ0v) is 17.9. The van der Waals surface area contributed by atoms with E-state index in [0.29, 0.717) is 16.3 Å². The number of rotatable bonds is 5. The molecule has 2 aliphatic rings. The maximum atomic E-state index is 15.5. The van der Waals surface area contributed by atoms with E-state index < -0.39 is 54.8 Å². The fourth-order valence-electron chi connectivity index (χ4n) is 3.04. The first-order valence-corrected chi connectivity index (χ1v) is 10.8. The van der Waals surface area contributed by atoms with Crippen LogP contribution in [0.5, 0.6) is 11.5 Å². The average Bonchev–Trinajstić information content (AvgIpc) is 2.95. The number of hydrogen-bond acceptors (Lipinski definition) is 10. The van der Waals surface area contributed by atoms with Gasteiger partial charge in [-0.25, -0.2) is 8.96 Å². The Kier molecular flexibility index (Phi) is 5.61. The topological polar surface area (TPSA) is 141 Å². The Balaban J connectivity index is 1.58. The van der Waals surface area contributed by atoms with Crippen molar-refractivity contribution in [3.05, 3.63) is 50.9 Å². The molecule has 32 heavy (non-hydrogen) atoms. The van der Waals surface area contributed by atoms with Crippen molar-refractivity contribution in [2.75, 3.05) is 13.7 Å². The van der Waals surface area contributed by atoms with Crippen molar-refractivity contribution in [2.45, 2.75) is 30.9 Å². The Morgan fingerprint density at radius 2 is 2.25 bits per heavy atom. The first kappa shape index (κ1) is 21.6. The van der Waals surface area contributed by atoms with Gasteiger partial charge in [0.2, 0.25) is 5.82 Å². The minimum absolute atomic E-state index is 0.0419. The lowest BCUT2D eigenvalue weighted by atomic mass is 10.1. The van der Waals surface area contributed by atoms with E-state index in [-0.39, 0.29) is 18.1 Å². The highest BCUT2D eigenvalue weighted by Gasteiger charge is 2.57. The summed E-state index contributed by atoms with van der Waals surface area (Å²) in [5.41, 5.74) is -0.741. The Labute approximate surface area is 185 Å². The van der Waals surface area contributed by atoms with Gasteiger partial charge < -0.3 is 24.2 Å². The van der Waals surface area contributed by atoms with E-state index in [0.717, 1.165) is 0 Å². The zero-order valence-electron chi connectivity index (χ0n) is 17.2. The number of phosphoric acid groups is 1. The Hall–Kier alpha value is -2.19. The van der Waals surface area contributed by atoms with E-state index in [1.807, 2.05) is 4.98 Å². The van der Waals surface area contributed by atoms with E-state index in [2.05, 4.69) is 0 Å². The second kappa shape index (κ2) is 8.30. The normalized spacial score (nSPS) is 34.5. The van der Waals surface area contributed by atoms with Crippen molar-refractivity contribution in [1.82, 2.24) is 9.55 Å². The number of aliphatic hydroxyl groups is 2. The zero-order chi connectivity index (χ0) is 24.2. The molecule has 1 aromatic carbocycles. The number of hydrogen-bond donors (Lipinski definition) is 3. The van der Waals surface area contributed by atoms with Gasteiger partial charge in [-0.3, -0.25) is 23.4 Å². The molecule has 0 spiro atoms. The lowest BCUT2D eigenvalue weighted by Crippen LogP contribution is -2.43. The van der Waals surface area contributed by atoms with Crippen LogP contribution in [0.2, 0.25) is 0 Å². The van der Waals surface area contributed by atoms with Crippen LogP contribution in [0.25, 0.3) is 0 Å². The summed E-state index contributed by atoms with van der Waals surface area (Å²) in [6, 6.07) is 4.77. The van der Waals surface area contributed by atoms with Gasteiger partial charge in [0, 0.05) is 5.56 Å². The molecule has 0 amide bonds. The van der Waals surface area contributed by atoms with Crippen molar-refractivity contribution in [3.63, 3.8) is 0 Å². The Morgan fingerprint density at radius 3 is 2.97 bits per heavy atom. The number of phosphoric ester groups is 1. The summed E-state index contributed by atoms with van der Waals surface area (Å²) in [5, 5.41) is 20.5. The lowest BCUT2D eigenvalue weighted by Gasteiger charge is -2.29. The molecule has 15 heteroatoms. The molecule has 0 saturated carbocycles. The quantitative estimate of drug-likeness (QED) is 0.415. The number of nitrogens with zero attached hydrogens (tertiary/aromatic N) is 1. The van der Waals surface area contributed by atoms with Crippen LogP contribution >= 0.6 is 20.0 Å². The highest BCUT2D eigenvalue weighted by Crippen LogP contribution is 2.57. The number of aliphatic hydroxyl groups excluding tert-OH is 2. The maximum Gasteiger partial charge on any atom is 0.530 e. The third-order valence-electron chi connectivity index (χ3n) is 4.69. The van der Waals surface area contributed by atoms with Crippen LogP contribution in [0, 0.1) is 10.6 Å². The lowest BCUT2D eigenvalue weighted by molar-refractivity contribution is -0.205. The number of fused-ring (bicyclic) bond motifs is 1. The second-order valence-electron chi connectivity index (χ2n) is 6.76. The van der Waals surface area contributed by atoms with Crippen molar-refractivity contribution in [3.8, 4) is 11.5 Å². The molecule has 2 aliphatic heterocycles. The van der Waals surface area contributed by atoms with Crippen LogP contribution in [0.3, 0.4) is 0 Å². The van der Waals surface area contributed by atoms with Crippen molar-refractivity contribution >= 4 is 20.0 Å². The molecule has 3 N–H and O–H groups in total. The fraction of sp³-hybridized carbons (Fsp3) is 0.412. The summed E-state index contributed by atoms with van der Waals surface area (Å²) in [6.07, 6.45) is -7.28. The van der Waals surface area contributed by atoms with E-state index >= 15 is 4.39 Å². The van der Waals surface area contributed by atoms with E-state index in [1.54, 1.807) is 12.1 Å². The van der Waals surface area contributed by atoms with E-state index in [1.165, 1.54) is 13.2 Å². The molecule has 4 rings (SSSR count). The molecular weight excluding hydrogens is 477 g/mol. The fourth-order valence-corrected chi connectivity index (χ4v) is 4.52. The molecule has 2 aromatic rings. The van der Waals surface area contributed by atoms with Gasteiger partial charge in [-0.15, -0.1) is 0 Å². The average molecular weight is 495 g/mol. The maximum absolute atomic E-state index is 15.5. The summed E-state index contributed by atoms with van der Waals surface area (Å²) >= 11 is 4.82. The van der Waals surface area contributed by atoms with Crippen molar-refractivity contribution in [2.24, 2.45) is 0 Å². The molecule has 1 unspecified atom stereocenters. The van der Waals surface area contributed by atoms with Crippen molar-refractivity contribution < 1.29 is 48.0 Å². The van der Waals surface area contributed by atoms with Gasteiger partial charge in [0.1, 0.15) is 18.8 Å². The molecule has 3 heterocycles. The predicted molar refractivity (Wildman–Crippen MR) is 104 cm³/mol. The van der Waals surface area contributed by atoms with Crippen LogP contribution in [-0.4, -0.2) is 51.5 Å². The number of benzene rings is 1. The number of ether oxygens (including phenoxy) is 2. The van der Waals surface area contributed by atoms with Gasteiger partial charge in [0.25, 0.3) is 11.4 Å².